The van der Waals surface area contributed by atoms with E-state index < -0.39 is 22.6 Å². The summed E-state index contributed by atoms with van der Waals surface area (Å²) in [6, 6.07) is 5.52. The third-order valence-corrected chi connectivity index (χ3v) is 4.99. The van der Waals surface area contributed by atoms with E-state index in [1.807, 2.05) is 0 Å². The number of nitrogens with zero attached hydrogens (tertiary/aromatic N) is 5. The van der Waals surface area contributed by atoms with Crippen LogP contribution in [-0.2, 0) is 6.54 Å². The van der Waals surface area contributed by atoms with E-state index in [1.165, 1.54) is 28.9 Å². The maximum absolute atomic E-state index is 13.5. The minimum atomic E-state index is -0.678. The summed E-state index contributed by atoms with van der Waals surface area (Å²) < 4.78 is 20.0. The van der Waals surface area contributed by atoms with Crippen molar-refractivity contribution in [3.05, 3.63) is 67.6 Å². The Balaban J connectivity index is 1.51. The van der Waals surface area contributed by atoms with Gasteiger partial charge >= 0.3 is 17.6 Å². The number of amides is 2. The summed E-state index contributed by atoms with van der Waals surface area (Å²) in [5, 5.41) is 23.4. The van der Waals surface area contributed by atoms with Crippen molar-refractivity contribution in [2.75, 3.05) is 13.1 Å². The van der Waals surface area contributed by atoms with Crippen molar-refractivity contribution in [3.63, 3.8) is 0 Å². The second-order valence-corrected chi connectivity index (χ2v) is 6.94. The summed E-state index contributed by atoms with van der Waals surface area (Å²) >= 11 is 3.10. The van der Waals surface area contributed by atoms with Crippen LogP contribution in [0, 0.1) is 22.9 Å². The molecular formula is C17H15BrFN7O5. The Bertz CT molecular complexity index is 1150. The summed E-state index contributed by atoms with van der Waals surface area (Å²) in [5.74, 6) is -2.52. The third kappa shape index (κ3) is 5.09. The molecule has 0 bridgehead atoms. The van der Waals surface area contributed by atoms with Gasteiger partial charge in [-0.1, -0.05) is 17.3 Å². The number of halogens is 2. The average Bonchev–Trinajstić information content (AvgIpc) is 3.31. The topological polar surface area (TPSA) is 158 Å². The monoisotopic (exact) mass is 495 g/mol. The van der Waals surface area contributed by atoms with Gasteiger partial charge in [-0.2, -0.15) is 9.67 Å². The molecule has 12 nitrogen and oxygen atoms in total. The summed E-state index contributed by atoms with van der Waals surface area (Å²) in [4.78, 5) is 38.2. The maximum atomic E-state index is 13.5. The zero-order chi connectivity index (χ0) is 22.5. The van der Waals surface area contributed by atoms with E-state index in [-0.39, 0.29) is 47.2 Å². The van der Waals surface area contributed by atoms with Crippen molar-refractivity contribution in [3.8, 4) is 0 Å². The molecule has 0 saturated heterocycles. The number of aromatic nitrogens is 4. The number of nitrogens with one attached hydrogen (secondary N) is 2. The Hall–Kier alpha value is -3.68. The first kappa shape index (κ1) is 22.0. The highest BCUT2D eigenvalue weighted by atomic mass is 79.9. The molecule has 14 heteroatoms. The highest BCUT2D eigenvalue weighted by molar-refractivity contribution is 9.10. The van der Waals surface area contributed by atoms with Crippen LogP contribution in [0.3, 0.4) is 0 Å². The average molecular weight is 496 g/mol. The molecule has 0 fully saturated rings. The molecule has 2 heterocycles. The van der Waals surface area contributed by atoms with Crippen molar-refractivity contribution in [1.82, 2.24) is 30.6 Å². The minimum Gasteiger partial charge on any atom is -0.358 e. The maximum Gasteiger partial charge on any atom is 0.404 e. The van der Waals surface area contributed by atoms with Crippen molar-refractivity contribution in [2.24, 2.45) is 0 Å². The Morgan fingerprint density at radius 3 is 2.58 bits per heavy atom. The molecule has 0 aliphatic heterocycles. The first-order valence-corrected chi connectivity index (χ1v) is 9.58. The van der Waals surface area contributed by atoms with Gasteiger partial charge in [0.1, 0.15) is 16.8 Å². The van der Waals surface area contributed by atoms with Crippen LogP contribution in [0.5, 0.6) is 0 Å². The number of hydrogen-bond donors (Lipinski definition) is 2. The third-order valence-electron chi connectivity index (χ3n) is 4.06. The number of carbonyl (C=O) groups excluding carboxylic acids is 2. The van der Waals surface area contributed by atoms with Gasteiger partial charge in [0, 0.05) is 13.1 Å². The molecule has 0 aliphatic rings. The van der Waals surface area contributed by atoms with Crippen molar-refractivity contribution in [2.45, 2.75) is 13.5 Å². The first-order chi connectivity index (χ1) is 14.8. The Morgan fingerprint density at radius 2 is 1.94 bits per heavy atom. The normalized spacial score (nSPS) is 10.7. The molecule has 0 spiro atoms. The van der Waals surface area contributed by atoms with Gasteiger partial charge < -0.3 is 25.3 Å². The summed E-state index contributed by atoms with van der Waals surface area (Å²) in [7, 11) is 0. The number of carbonyl (C=O) groups is 2. The summed E-state index contributed by atoms with van der Waals surface area (Å²) in [5.41, 5.74) is 0.379. The molecule has 0 radical (unpaired) electrons. The second-order valence-electron chi connectivity index (χ2n) is 6.15. The molecule has 0 aliphatic carbocycles. The van der Waals surface area contributed by atoms with Gasteiger partial charge in [-0.25, -0.2) is 4.39 Å². The van der Waals surface area contributed by atoms with Crippen LogP contribution < -0.4 is 10.6 Å². The van der Waals surface area contributed by atoms with Gasteiger partial charge in [-0.15, -0.1) is 0 Å². The molecular weight excluding hydrogens is 481 g/mol. The quantitative estimate of drug-likeness (QED) is 0.270. The van der Waals surface area contributed by atoms with Crippen LogP contribution >= 0.6 is 15.9 Å². The highest BCUT2D eigenvalue weighted by Gasteiger charge is 2.25. The van der Waals surface area contributed by atoms with Gasteiger partial charge in [-0.3, -0.25) is 9.59 Å². The van der Waals surface area contributed by atoms with Crippen molar-refractivity contribution < 1.29 is 23.4 Å². The fourth-order valence-corrected chi connectivity index (χ4v) is 2.92. The minimum absolute atomic E-state index is 0.0359. The lowest BCUT2D eigenvalue weighted by Gasteiger charge is -2.06. The standard InChI is InChI=1S/C17H15BrFN7O5/c1-9-13(18)14(26(29)30)23-25(9)8-12-22-17(31-24-12)16(28)21-7-6-20-15(27)10-4-2-3-5-11(10)19/h2-5H,6-8H2,1H3,(H,20,27)(H,21,28). The fraction of sp³-hybridized carbons (Fsp3) is 0.235. The lowest BCUT2D eigenvalue weighted by Crippen LogP contribution is -2.35. The van der Waals surface area contributed by atoms with Crippen LogP contribution in [0.25, 0.3) is 0 Å². The van der Waals surface area contributed by atoms with Gasteiger partial charge in [0.05, 0.1) is 16.4 Å². The molecule has 3 rings (SSSR count). The lowest BCUT2D eigenvalue weighted by molar-refractivity contribution is -0.390. The largest absolute Gasteiger partial charge is 0.404 e. The van der Waals surface area contributed by atoms with E-state index in [2.05, 4.69) is 41.8 Å². The van der Waals surface area contributed by atoms with Crippen LogP contribution in [0.1, 0.15) is 32.6 Å². The van der Waals surface area contributed by atoms with Crippen molar-refractivity contribution >= 4 is 33.6 Å². The Kier molecular flexibility index (Phi) is 6.69. The van der Waals surface area contributed by atoms with E-state index in [4.69, 9.17) is 4.52 Å². The predicted molar refractivity (Wildman–Crippen MR) is 106 cm³/mol. The predicted octanol–water partition coefficient (Wildman–Crippen LogP) is 1.59. The van der Waals surface area contributed by atoms with Crippen molar-refractivity contribution in [1.29, 1.82) is 0 Å². The van der Waals surface area contributed by atoms with Crippen LogP contribution in [0.2, 0.25) is 0 Å². The molecule has 1 aromatic carbocycles. The van der Waals surface area contributed by atoms with E-state index in [0.29, 0.717) is 5.69 Å². The lowest BCUT2D eigenvalue weighted by atomic mass is 10.2. The molecule has 3 aromatic rings. The number of benzene rings is 1. The molecule has 31 heavy (non-hydrogen) atoms. The summed E-state index contributed by atoms with van der Waals surface area (Å²) in [6.45, 7) is 1.65. The zero-order valence-electron chi connectivity index (χ0n) is 16.0. The van der Waals surface area contributed by atoms with Gasteiger partial charge in [0.25, 0.3) is 5.91 Å². The van der Waals surface area contributed by atoms with E-state index >= 15 is 0 Å². The van der Waals surface area contributed by atoms with Crippen LogP contribution in [-0.4, -0.2) is 49.7 Å². The number of hydrogen-bond acceptors (Lipinski definition) is 8. The Morgan fingerprint density at radius 1 is 1.26 bits per heavy atom. The van der Waals surface area contributed by atoms with Gasteiger partial charge in [-0.05, 0) is 39.9 Å². The first-order valence-electron chi connectivity index (χ1n) is 8.78. The van der Waals surface area contributed by atoms with Gasteiger partial charge in [0.15, 0.2) is 5.82 Å². The molecule has 2 amide bonds. The molecule has 2 N–H and O–H groups in total. The molecule has 2 aromatic heterocycles. The molecule has 0 unspecified atom stereocenters. The fourth-order valence-electron chi connectivity index (χ4n) is 2.49. The van der Waals surface area contributed by atoms with Crippen LogP contribution in [0.15, 0.2) is 33.3 Å². The zero-order valence-corrected chi connectivity index (χ0v) is 17.5. The second kappa shape index (κ2) is 9.42. The van der Waals surface area contributed by atoms with E-state index in [9.17, 15) is 24.1 Å². The number of rotatable bonds is 8. The van der Waals surface area contributed by atoms with E-state index in [1.54, 1.807) is 6.92 Å². The van der Waals surface area contributed by atoms with E-state index in [0.717, 1.165) is 0 Å². The number of nitro groups is 1. The molecule has 0 saturated carbocycles. The van der Waals surface area contributed by atoms with Gasteiger partial charge in [0.2, 0.25) is 0 Å². The Labute approximate surface area is 182 Å². The molecule has 0 atom stereocenters. The summed E-state index contributed by atoms with van der Waals surface area (Å²) in [6.07, 6.45) is 0. The van der Waals surface area contributed by atoms with Crippen LogP contribution in [0.4, 0.5) is 10.2 Å². The SMILES string of the molecule is Cc1c(Br)c([N+](=O)[O-])nn1Cc1noc(C(=O)NCCNC(=O)c2ccccc2F)n1. The highest BCUT2D eigenvalue weighted by Crippen LogP contribution is 2.27. The smallest absolute Gasteiger partial charge is 0.358 e. The molecule has 162 valence electrons.